The maximum Gasteiger partial charge on any atom is 0.149 e. The van der Waals surface area contributed by atoms with Gasteiger partial charge in [-0.15, -0.1) is 0 Å². The molecule has 0 fully saturated rings. The Labute approximate surface area is 417 Å². The molecule has 0 spiro atoms. The number of para-hydroxylation sites is 2. The third-order valence-electron chi connectivity index (χ3n) is 14.5. The van der Waals surface area contributed by atoms with Gasteiger partial charge in [-0.1, -0.05) is 186 Å². The summed E-state index contributed by atoms with van der Waals surface area (Å²) in [6.45, 7) is 26.8. The minimum absolute atomic E-state index is 0.0875. The van der Waals surface area contributed by atoms with Gasteiger partial charge in [0.15, 0.2) is 0 Å². The summed E-state index contributed by atoms with van der Waals surface area (Å²) >= 11 is 0. The van der Waals surface area contributed by atoms with Crippen molar-refractivity contribution < 1.29 is 5.11 Å². The topological polar surface area (TPSA) is 68.2 Å². The van der Waals surface area contributed by atoms with Crippen LogP contribution in [0.15, 0.2) is 158 Å². The van der Waals surface area contributed by atoms with Crippen LogP contribution in [-0.2, 0) is 21.7 Å². The zero-order chi connectivity index (χ0) is 49.9. The highest BCUT2D eigenvalue weighted by molar-refractivity contribution is 6.14. The van der Waals surface area contributed by atoms with Crippen molar-refractivity contribution in [2.75, 3.05) is 0 Å². The predicted octanol–water partition coefficient (Wildman–Crippen LogP) is 17.1. The molecule has 4 heterocycles. The fourth-order valence-electron chi connectivity index (χ4n) is 10.4. The van der Waals surface area contributed by atoms with Crippen LogP contribution in [0.4, 0.5) is 0 Å². The van der Waals surface area contributed by atoms with Gasteiger partial charge < -0.3 is 5.11 Å². The molecule has 0 aliphatic carbocycles. The minimum Gasteiger partial charge on any atom is -0.507 e. The fourth-order valence-corrected chi connectivity index (χ4v) is 10.4. The van der Waals surface area contributed by atoms with Crippen molar-refractivity contribution in [2.45, 2.75) is 105 Å². The first kappa shape index (κ1) is 45.8. The summed E-state index contributed by atoms with van der Waals surface area (Å²) < 4.78 is 4.60. The van der Waals surface area contributed by atoms with Gasteiger partial charge in [0.25, 0.3) is 0 Å². The van der Waals surface area contributed by atoms with Crippen LogP contribution in [-0.4, -0.2) is 29.0 Å². The van der Waals surface area contributed by atoms with Crippen LogP contribution in [0.5, 0.6) is 5.75 Å². The summed E-state index contributed by atoms with van der Waals surface area (Å²) in [5.74, 6) is 0.936. The molecule has 6 heteroatoms. The molecule has 0 radical (unpaired) electrons. The summed E-state index contributed by atoms with van der Waals surface area (Å²) in [6.07, 6.45) is 1.92. The van der Waals surface area contributed by atoms with Crippen LogP contribution in [0.3, 0.4) is 0 Å². The van der Waals surface area contributed by atoms with Gasteiger partial charge in [-0.2, -0.15) is 0 Å². The lowest BCUT2D eigenvalue weighted by atomic mass is 9.79. The maximum absolute atomic E-state index is 12.7. The van der Waals surface area contributed by atoms with E-state index < -0.39 is 0 Å². The Bertz CT molecular complexity index is 3920. The molecule has 11 rings (SSSR count). The van der Waals surface area contributed by atoms with Crippen molar-refractivity contribution in [3.8, 4) is 56.3 Å². The average Bonchev–Trinajstić information content (AvgIpc) is 3.93. The summed E-state index contributed by atoms with van der Waals surface area (Å²) in [5, 5.41) is 16.1. The van der Waals surface area contributed by atoms with E-state index >= 15 is 0 Å². The smallest absolute Gasteiger partial charge is 0.149 e. The normalized spacial score (nSPS) is 12.8. The number of pyridine rings is 2. The highest BCUT2D eigenvalue weighted by atomic mass is 16.3. The first-order valence-electron chi connectivity index (χ1n) is 25.0. The number of hydrogen-bond acceptors (Lipinski definition) is 4. The van der Waals surface area contributed by atoms with Gasteiger partial charge in [-0.05, 0) is 103 Å². The third-order valence-corrected chi connectivity index (χ3v) is 14.5. The SMILES string of the molecule is CC(C)(C)c1cc(-c2cccc3c2nc(-c2cc(C(C)(C)C)cc(C(C)(C)C)c2O)n3-c2ccc(C(C)(C)C)cc2-c2ccccc2)cc(-c2nccc3c2nc2c4ccccc4c4ccccc4n32)c1. The van der Waals surface area contributed by atoms with Gasteiger partial charge in [0.05, 0.1) is 39.0 Å². The largest absolute Gasteiger partial charge is 0.507 e. The van der Waals surface area contributed by atoms with Gasteiger partial charge in [-0.25, -0.2) is 9.97 Å². The number of rotatable bonds is 5. The molecule has 354 valence electrons. The molecule has 0 atom stereocenters. The molecular weight excluding hydrogens is 867 g/mol. The first-order valence-corrected chi connectivity index (χ1v) is 25.0. The quantitative estimate of drug-likeness (QED) is 0.175. The second-order valence-corrected chi connectivity index (χ2v) is 23.6. The Morgan fingerprint density at radius 1 is 0.423 bits per heavy atom. The van der Waals surface area contributed by atoms with E-state index in [1.165, 1.54) is 21.9 Å². The van der Waals surface area contributed by atoms with E-state index in [1.54, 1.807) is 0 Å². The molecule has 0 amide bonds. The Morgan fingerprint density at radius 2 is 1.04 bits per heavy atom. The second kappa shape index (κ2) is 16.2. The van der Waals surface area contributed by atoms with E-state index in [4.69, 9.17) is 15.0 Å². The van der Waals surface area contributed by atoms with Gasteiger partial charge >= 0.3 is 0 Å². The molecule has 0 aliphatic rings. The molecule has 0 aliphatic heterocycles. The lowest BCUT2D eigenvalue weighted by molar-refractivity contribution is 0.446. The zero-order valence-electron chi connectivity index (χ0n) is 43.2. The van der Waals surface area contributed by atoms with Crippen LogP contribution in [0.1, 0.15) is 105 Å². The molecule has 7 aromatic carbocycles. The molecule has 0 saturated heterocycles. The van der Waals surface area contributed by atoms with Crippen molar-refractivity contribution in [3.63, 3.8) is 0 Å². The number of phenolic OH excluding ortho intramolecular Hbond substituents is 1. The molecule has 0 saturated carbocycles. The predicted molar refractivity (Wildman–Crippen MR) is 298 cm³/mol. The molecule has 6 nitrogen and oxygen atoms in total. The lowest BCUT2D eigenvalue weighted by Crippen LogP contribution is -2.17. The molecule has 0 bridgehead atoms. The highest BCUT2D eigenvalue weighted by Crippen LogP contribution is 2.47. The van der Waals surface area contributed by atoms with Crippen molar-refractivity contribution in [1.29, 1.82) is 0 Å². The summed E-state index contributed by atoms with van der Waals surface area (Å²) in [7, 11) is 0. The third kappa shape index (κ3) is 7.76. The fraction of sp³-hybridized carbons (Fsp3) is 0.246. The van der Waals surface area contributed by atoms with Crippen molar-refractivity contribution in [1.82, 2.24) is 23.9 Å². The standard InChI is InChI=1S/C65H63N5O/c1-62(2,3)42-29-30-53(49(36-42)39-21-14-13-15-22-39)70-54-28-20-26-45(57(54)67-61(70)50-37-44(64(7,8)9)38-51(59(50)71)65(10,11)12)40-33-41(35-43(34-40)63(4,5)6)56-58-55(31-32-66-56)69-52-27-19-18-24-47(52)46-23-16-17-25-48(46)60(69)68-58/h13-38,71H,1-12H3. The number of nitrogens with zero attached hydrogens (tertiary/aromatic N) is 5. The number of hydrogen-bond donors (Lipinski definition) is 1. The lowest BCUT2D eigenvalue weighted by Gasteiger charge is -2.28. The molecule has 1 N–H and O–H groups in total. The van der Waals surface area contributed by atoms with Crippen molar-refractivity contribution >= 4 is 49.4 Å². The van der Waals surface area contributed by atoms with Crippen LogP contribution in [0.2, 0.25) is 0 Å². The number of aromatic hydroxyl groups is 1. The molecule has 71 heavy (non-hydrogen) atoms. The average molecular weight is 930 g/mol. The zero-order valence-corrected chi connectivity index (χ0v) is 43.2. The van der Waals surface area contributed by atoms with E-state index in [-0.39, 0.29) is 27.4 Å². The Morgan fingerprint density at radius 3 is 1.75 bits per heavy atom. The van der Waals surface area contributed by atoms with Gasteiger partial charge in [0, 0.05) is 39.2 Å². The number of aromatic nitrogens is 5. The summed E-state index contributed by atoms with van der Waals surface area (Å²) in [6, 6.07) is 54.5. The van der Waals surface area contributed by atoms with E-state index in [2.05, 4.69) is 244 Å². The van der Waals surface area contributed by atoms with E-state index in [1.807, 2.05) is 6.20 Å². The number of benzene rings is 7. The monoisotopic (exact) mass is 930 g/mol. The van der Waals surface area contributed by atoms with Crippen LogP contribution < -0.4 is 0 Å². The van der Waals surface area contributed by atoms with E-state index in [0.29, 0.717) is 11.4 Å². The Kier molecular flexibility index (Phi) is 10.5. The first-order chi connectivity index (χ1) is 33.7. The molecular formula is C65H63N5O. The van der Waals surface area contributed by atoms with Crippen LogP contribution in [0.25, 0.3) is 100.0 Å². The van der Waals surface area contributed by atoms with E-state index in [0.717, 1.165) is 88.9 Å². The Balaban J connectivity index is 1.22. The van der Waals surface area contributed by atoms with Crippen LogP contribution in [0, 0.1) is 0 Å². The van der Waals surface area contributed by atoms with Crippen LogP contribution >= 0.6 is 0 Å². The van der Waals surface area contributed by atoms with Gasteiger partial charge in [0.1, 0.15) is 22.7 Å². The number of fused-ring (bicyclic) bond motifs is 9. The number of imidazole rings is 2. The maximum atomic E-state index is 12.7. The van der Waals surface area contributed by atoms with Gasteiger partial charge in [-0.3, -0.25) is 14.0 Å². The highest BCUT2D eigenvalue weighted by Gasteiger charge is 2.30. The van der Waals surface area contributed by atoms with Crippen molar-refractivity contribution in [3.05, 3.63) is 180 Å². The minimum atomic E-state index is -0.340. The molecule has 4 aromatic heterocycles. The number of phenols is 1. The second-order valence-electron chi connectivity index (χ2n) is 23.6. The molecule has 0 unspecified atom stereocenters. The van der Waals surface area contributed by atoms with Gasteiger partial charge in [0.2, 0.25) is 0 Å². The van der Waals surface area contributed by atoms with Crippen molar-refractivity contribution in [2.24, 2.45) is 0 Å². The summed E-state index contributed by atoms with van der Waals surface area (Å²) in [4.78, 5) is 16.4. The van der Waals surface area contributed by atoms with E-state index in [9.17, 15) is 5.11 Å². The summed E-state index contributed by atoms with van der Waals surface area (Å²) in [5.41, 5.74) is 17.0. The molecule has 11 aromatic rings. The Hall–Kier alpha value is -7.57.